The highest BCUT2D eigenvalue weighted by molar-refractivity contribution is 8.01. The van der Waals surface area contributed by atoms with Crippen molar-refractivity contribution < 1.29 is 0 Å². The van der Waals surface area contributed by atoms with Crippen molar-refractivity contribution in [2.45, 2.75) is 23.2 Å². The minimum atomic E-state index is 0.877. The van der Waals surface area contributed by atoms with E-state index in [1.807, 2.05) is 36.6 Å². The summed E-state index contributed by atoms with van der Waals surface area (Å²) in [5.74, 6) is 0. The highest BCUT2D eigenvalue weighted by Crippen LogP contribution is 2.34. The molecule has 4 rings (SSSR count). The van der Waals surface area contributed by atoms with Crippen LogP contribution in [0.5, 0.6) is 0 Å². The number of aryl methyl sites for hydroxylation is 2. The van der Waals surface area contributed by atoms with E-state index in [4.69, 9.17) is 4.98 Å². The van der Waals surface area contributed by atoms with Crippen molar-refractivity contribution in [1.29, 1.82) is 0 Å². The molecule has 0 aliphatic rings. The monoisotopic (exact) mass is 312 g/mol. The van der Waals surface area contributed by atoms with Crippen LogP contribution in [0.15, 0.2) is 45.1 Å². The van der Waals surface area contributed by atoms with Crippen LogP contribution < -0.4 is 0 Å². The Morgan fingerprint density at radius 2 is 1.95 bits per heavy atom. The predicted molar refractivity (Wildman–Crippen MR) is 86.2 cm³/mol. The fraction of sp³-hybridized carbons (Fsp3) is 0.133. The van der Waals surface area contributed by atoms with Crippen molar-refractivity contribution >= 4 is 39.6 Å². The summed E-state index contributed by atoms with van der Waals surface area (Å²) in [6.45, 7) is 4.00. The van der Waals surface area contributed by atoms with Gasteiger partial charge in [0, 0.05) is 22.5 Å². The average molecular weight is 312 g/mol. The Balaban J connectivity index is 1.97. The largest absolute Gasteiger partial charge is 0.235 e. The van der Waals surface area contributed by atoms with Crippen LogP contribution in [0.1, 0.15) is 11.4 Å². The lowest BCUT2D eigenvalue weighted by molar-refractivity contribution is 0.942. The van der Waals surface area contributed by atoms with Gasteiger partial charge in [0.05, 0.1) is 11.2 Å². The Labute approximate surface area is 129 Å². The van der Waals surface area contributed by atoms with Gasteiger partial charge >= 0.3 is 0 Å². The number of nitrogens with zero attached hydrogens (tertiary/aromatic N) is 4. The Kier molecular flexibility index (Phi) is 2.94. The molecule has 3 aromatic heterocycles. The van der Waals surface area contributed by atoms with E-state index < -0.39 is 0 Å². The SMILES string of the molecule is Cc1csc(Sc2nc3cc(C)nn3c3ccccc23)n1. The topological polar surface area (TPSA) is 43.1 Å². The number of rotatable bonds is 2. The third-order valence-electron chi connectivity index (χ3n) is 3.17. The van der Waals surface area contributed by atoms with E-state index in [-0.39, 0.29) is 0 Å². The Hall–Kier alpha value is -1.92. The molecule has 0 fully saturated rings. The molecule has 0 aliphatic heterocycles. The molecule has 1 aromatic carbocycles. The summed E-state index contributed by atoms with van der Waals surface area (Å²) in [6.07, 6.45) is 0. The highest BCUT2D eigenvalue weighted by Gasteiger charge is 2.12. The second kappa shape index (κ2) is 4.82. The number of hydrogen-bond acceptors (Lipinski definition) is 5. The van der Waals surface area contributed by atoms with Gasteiger partial charge in [-0.3, -0.25) is 0 Å². The van der Waals surface area contributed by atoms with Crippen LogP contribution in [0.2, 0.25) is 0 Å². The summed E-state index contributed by atoms with van der Waals surface area (Å²) in [4.78, 5) is 9.28. The third kappa shape index (κ3) is 2.20. The summed E-state index contributed by atoms with van der Waals surface area (Å²) >= 11 is 3.27. The molecule has 0 saturated heterocycles. The van der Waals surface area contributed by atoms with Crippen molar-refractivity contribution in [2.75, 3.05) is 0 Å². The van der Waals surface area contributed by atoms with Crippen molar-refractivity contribution in [3.05, 3.63) is 47.1 Å². The molecule has 3 heterocycles. The van der Waals surface area contributed by atoms with Crippen LogP contribution in [0, 0.1) is 13.8 Å². The molecule has 104 valence electrons. The first kappa shape index (κ1) is 12.8. The molecular weight excluding hydrogens is 300 g/mol. The van der Waals surface area contributed by atoms with Gasteiger partial charge in [0.1, 0.15) is 5.03 Å². The van der Waals surface area contributed by atoms with Gasteiger partial charge < -0.3 is 0 Å². The maximum absolute atomic E-state index is 4.76. The van der Waals surface area contributed by atoms with Gasteiger partial charge in [0.25, 0.3) is 0 Å². The fourth-order valence-electron chi connectivity index (χ4n) is 2.29. The van der Waals surface area contributed by atoms with Crippen LogP contribution in [0.3, 0.4) is 0 Å². The quantitative estimate of drug-likeness (QED) is 0.523. The van der Waals surface area contributed by atoms with Gasteiger partial charge in [-0.15, -0.1) is 11.3 Å². The Bertz CT molecular complexity index is 955. The first-order chi connectivity index (χ1) is 10.2. The smallest absolute Gasteiger partial charge is 0.157 e. The van der Waals surface area contributed by atoms with Gasteiger partial charge in [-0.05, 0) is 31.7 Å². The normalized spacial score (nSPS) is 11.5. The molecule has 0 atom stereocenters. The molecule has 0 unspecified atom stereocenters. The minimum Gasteiger partial charge on any atom is -0.235 e. The molecule has 0 radical (unpaired) electrons. The number of thiazole rings is 1. The second-order valence-corrected chi connectivity index (χ2v) is 6.94. The van der Waals surface area contributed by atoms with Crippen LogP contribution >= 0.6 is 23.1 Å². The Morgan fingerprint density at radius 1 is 1.10 bits per heavy atom. The molecule has 0 aliphatic carbocycles. The molecule has 4 aromatic rings. The first-order valence-electron chi connectivity index (χ1n) is 6.56. The summed E-state index contributed by atoms with van der Waals surface area (Å²) in [7, 11) is 0. The minimum absolute atomic E-state index is 0.877. The van der Waals surface area contributed by atoms with E-state index in [1.54, 1.807) is 23.1 Å². The van der Waals surface area contributed by atoms with E-state index in [0.29, 0.717) is 0 Å². The standard InChI is InChI=1S/C15H12N4S2/c1-9-7-13-17-14(21-15-16-10(2)8-20-15)11-5-3-4-6-12(11)19(13)18-9/h3-8H,1-2H3. The summed E-state index contributed by atoms with van der Waals surface area (Å²) in [5.41, 5.74) is 3.97. The summed E-state index contributed by atoms with van der Waals surface area (Å²) < 4.78 is 2.92. The summed E-state index contributed by atoms with van der Waals surface area (Å²) in [6, 6.07) is 10.2. The van der Waals surface area contributed by atoms with Crippen LogP contribution in [0.25, 0.3) is 16.6 Å². The van der Waals surface area contributed by atoms with Crippen molar-refractivity contribution in [2.24, 2.45) is 0 Å². The van der Waals surface area contributed by atoms with Gasteiger partial charge in [0.2, 0.25) is 0 Å². The molecule has 0 amide bonds. The molecule has 0 spiro atoms. The molecule has 0 saturated carbocycles. The van der Waals surface area contributed by atoms with E-state index in [9.17, 15) is 0 Å². The van der Waals surface area contributed by atoms with Gasteiger partial charge in [-0.2, -0.15) is 5.10 Å². The maximum Gasteiger partial charge on any atom is 0.157 e. The lowest BCUT2D eigenvalue weighted by Crippen LogP contribution is -1.95. The molecular formula is C15H12N4S2. The van der Waals surface area contributed by atoms with E-state index >= 15 is 0 Å². The van der Waals surface area contributed by atoms with Crippen molar-refractivity contribution in [3.63, 3.8) is 0 Å². The lowest BCUT2D eigenvalue weighted by Gasteiger charge is -2.06. The average Bonchev–Trinajstić information content (AvgIpc) is 3.04. The number of fused-ring (bicyclic) bond motifs is 3. The molecule has 4 nitrogen and oxygen atoms in total. The van der Waals surface area contributed by atoms with Crippen LogP contribution in [-0.2, 0) is 0 Å². The zero-order valence-corrected chi connectivity index (χ0v) is 13.2. The third-order valence-corrected chi connectivity index (χ3v) is 5.23. The zero-order chi connectivity index (χ0) is 14.4. The van der Waals surface area contributed by atoms with Crippen LogP contribution in [0.4, 0.5) is 0 Å². The molecule has 21 heavy (non-hydrogen) atoms. The number of aromatic nitrogens is 4. The van der Waals surface area contributed by atoms with Gasteiger partial charge in [-0.1, -0.05) is 18.2 Å². The molecule has 0 N–H and O–H groups in total. The molecule has 0 bridgehead atoms. The van der Waals surface area contributed by atoms with E-state index in [2.05, 4.69) is 27.6 Å². The lowest BCUT2D eigenvalue weighted by atomic mass is 10.2. The maximum atomic E-state index is 4.76. The highest BCUT2D eigenvalue weighted by atomic mass is 32.2. The first-order valence-corrected chi connectivity index (χ1v) is 8.25. The second-order valence-electron chi connectivity index (χ2n) is 4.85. The van der Waals surface area contributed by atoms with Crippen LogP contribution in [-0.4, -0.2) is 19.6 Å². The van der Waals surface area contributed by atoms with E-state index in [1.165, 1.54) is 0 Å². The number of hydrogen-bond donors (Lipinski definition) is 0. The van der Waals surface area contributed by atoms with Crippen molar-refractivity contribution in [1.82, 2.24) is 19.6 Å². The summed E-state index contributed by atoms with van der Waals surface area (Å²) in [5, 5.41) is 8.67. The predicted octanol–water partition coefficient (Wildman–Crippen LogP) is 4.11. The number of benzene rings is 1. The fourth-order valence-corrected chi connectivity index (χ4v) is 4.16. The zero-order valence-electron chi connectivity index (χ0n) is 11.6. The molecule has 6 heteroatoms. The van der Waals surface area contributed by atoms with E-state index in [0.717, 1.165) is 37.3 Å². The van der Waals surface area contributed by atoms with Gasteiger partial charge in [0.15, 0.2) is 9.99 Å². The van der Waals surface area contributed by atoms with Crippen molar-refractivity contribution in [3.8, 4) is 0 Å². The number of para-hydroxylation sites is 1. The Morgan fingerprint density at radius 3 is 2.76 bits per heavy atom. The van der Waals surface area contributed by atoms with Gasteiger partial charge in [-0.25, -0.2) is 14.5 Å².